The molecule has 2 amide bonds. The van der Waals surface area contributed by atoms with Gasteiger partial charge in [0.1, 0.15) is 17.1 Å². The summed E-state index contributed by atoms with van der Waals surface area (Å²) >= 11 is 1.07. The molecule has 8 nitrogen and oxygen atoms in total. The monoisotopic (exact) mass is 386 g/mol. The third kappa shape index (κ3) is 3.54. The van der Waals surface area contributed by atoms with Crippen LogP contribution >= 0.6 is 11.3 Å². The number of amides is 2. The first-order valence-electron chi connectivity index (χ1n) is 8.04. The number of methoxy groups -OCH3 is 1. The number of ether oxygens (including phenoxy) is 1. The Kier molecular flexibility index (Phi) is 4.95. The van der Waals surface area contributed by atoms with E-state index in [1.54, 1.807) is 19.1 Å². The van der Waals surface area contributed by atoms with Gasteiger partial charge in [-0.25, -0.2) is 4.98 Å². The van der Waals surface area contributed by atoms with Crippen LogP contribution in [0.5, 0.6) is 5.75 Å². The van der Waals surface area contributed by atoms with Gasteiger partial charge >= 0.3 is 0 Å². The van der Waals surface area contributed by atoms with E-state index in [2.05, 4.69) is 10.3 Å². The number of nitrogens with two attached hydrogens (primary N) is 1. The summed E-state index contributed by atoms with van der Waals surface area (Å²) in [6.07, 6.45) is 1.29. The van der Waals surface area contributed by atoms with Crippen molar-refractivity contribution in [1.29, 1.82) is 0 Å². The average molecular weight is 386 g/mol. The number of hydrogen-bond acceptors (Lipinski definition) is 6. The third-order valence-electron chi connectivity index (χ3n) is 4.08. The molecule has 0 spiro atoms. The number of fused-ring (bicyclic) bond motifs is 1. The van der Waals surface area contributed by atoms with E-state index in [0.717, 1.165) is 16.9 Å². The third-order valence-corrected chi connectivity index (χ3v) is 5.30. The Morgan fingerprint density at radius 2 is 2.07 bits per heavy atom. The molecule has 0 saturated heterocycles. The summed E-state index contributed by atoms with van der Waals surface area (Å²) < 4.78 is 6.43. The van der Waals surface area contributed by atoms with Crippen molar-refractivity contribution in [3.63, 3.8) is 0 Å². The standard InChI is InChI=1S/C18H18N4O4S/c1-9-4-5-12(26-3)11(6-9)21-13(23)7-22-8-20-17-14(18(22)25)10(2)15(27-17)16(19)24/h4-6,8H,7H2,1-3H3,(H2,19,24)(H,21,23). The SMILES string of the molecule is COc1ccc(C)cc1NC(=O)Cn1cnc2sc(C(N)=O)c(C)c2c1=O. The summed E-state index contributed by atoms with van der Waals surface area (Å²) in [6, 6.07) is 5.40. The Hall–Kier alpha value is -3.20. The summed E-state index contributed by atoms with van der Waals surface area (Å²) in [6.45, 7) is 3.32. The fourth-order valence-electron chi connectivity index (χ4n) is 2.77. The molecule has 0 radical (unpaired) electrons. The molecule has 0 bridgehead atoms. The summed E-state index contributed by atoms with van der Waals surface area (Å²) in [5.41, 5.74) is 6.90. The lowest BCUT2D eigenvalue weighted by atomic mass is 10.2. The van der Waals surface area contributed by atoms with E-state index in [-0.39, 0.29) is 6.54 Å². The number of aryl methyl sites for hydroxylation is 2. The maximum atomic E-state index is 12.7. The molecule has 9 heteroatoms. The molecule has 27 heavy (non-hydrogen) atoms. The number of carbonyl (C=O) groups is 2. The lowest BCUT2D eigenvalue weighted by Gasteiger charge is -2.11. The first kappa shape index (κ1) is 18.6. The van der Waals surface area contributed by atoms with Crippen LogP contribution in [0.4, 0.5) is 5.69 Å². The van der Waals surface area contributed by atoms with Crippen molar-refractivity contribution < 1.29 is 14.3 Å². The highest BCUT2D eigenvalue weighted by Crippen LogP contribution is 2.27. The van der Waals surface area contributed by atoms with Crippen molar-refractivity contribution in [3.8, 4) is 5.75 Å². The molecule has 0 aliphatic carbocycles. The highest BCUT2D eigenvalue weighted by atomic mass is 32.1. The van der Waals surface area contributed by atoms with Gasteiger partial charge in [0.15, 0.2) is 0 Å². The van der Waals surface area contributed by atoms with E-state index in [0.29, 0.717) is 32.1 Å². The minimum atomic E-state index is -0.606. The molecular formula is C18H18N4O4S. The lowest BCUT2D eigenvalue weighted by Crippen LogP contribution is -2.28. The first-order chi connectivity index (χ1) is 12.8. The predicted molar refractivity (Wildman–Crippen MR) is 103 cm³/mol. The Morgan fingerprint density at radius 1 is 1.33 bits per heavy atom. The predicted octanol–water partition coefficient (Wildman–Crippen LogP) is 1.82. The molecule has 140 valence electrons. The van der Waals surface area contributed by atoms with Crippen molar-refractivity contribution in [2.24, 2.45) is 5.73 Å². The van der Waals surface area contributed by atoms with Gasteiger partial charge in [-0.2, -0.15) is 0 Å². The molecule has 3 N–H and O–H groups in total. The van der Waals surface area contributed by atoms with Gasteiger partial charge in [-0.1, -0.05) is 6.07 Å². The molecule has 2 heterocycles. The van der Waals surface area contributed by atoms with E-state index < -0.39 is 17.4 Å². The topological polar surface area (TPSA) is 116 Å². The van der Waals surface area contributed by atoms with Crippen molar-refractivity contribution >= 4 is 39.1 Å². The van der Waals surface area contributed by atoms with Crippen LogP contribution in [0.2, 0.25) is 0 Å². The van der Waals surface area contributed by atoms with Gasteiger partial charge in [-0.05, 0) is 37.1 Å². The number of aromatic nitrogens is 2. The largest absolute Gasteiger partial charge is 0.495 e. The van der Waals surface area contributed by atoms with Crippen LogP contribution in [-0.2, 0) is 11.3 Å². The van der Waals surface area contributed by atoms with E-state index >= 15 is 0 Å². The van der Waals surface area contributed by atoms with Crippen LogP contribution in [0.15, 0.2) is 29.3 Å². The van der Waals surface area contributed by atoms with E-state index in [9.17, 15) is 14.4 Å². The summed E-state index contributed by atoms with van der Waals surface area (Å²) in [4.78, 5) is 41.5. The first-order valence-corrected chi connectivity index (χ1v) is 8.86. The van der Waals surface area contributed by atoms with Crippen LogP contribution in [0.1, 0.15) is 20.8 Å². The molecule has 0 fully saturated rings. The number of primary amides is 1. The van der Waals surface area contributed by atoms with Crippen LogP contribution in [0.3, 0.4) is 0 Å². The zero-order valence-corrected chi connectivity index (χ0v) is 15.8. The zero-order chi connectivity index (χ0) is 19.7. The van der Waals surface area contributed by atoms with Crippen molar-refractivity contribution in [3.05, 3.63) is 50.9 Å². The van der Waals surface area contributed by atoms with Gasteiger partial charge < -0.3 is 15.8 Å². The smallest absolute Gasteiger partial charge is 0.262 e. The molecule has 2 aromatic heterocycles. The summed E-state index contributed by atoms with van der Waals surface area (Å²) in [5.74, 6) is -0.481. The number of benzene rings is 1. The number of nitrogens with zero attached hydrogens (tertiary/aromatic N) is 2. The molecule has 3 aromatic rings. The Morgan fingerprint density at radius 3 is 2.74 bits per heavy atom. The minimum absolute atomic E-state index is 0.222. The highest BCUT2D eigenvalue weighted by Gasteiger charge is 2.18. The molecule has 0 saturated carbocycles. The van der Waals surface area contributed by atoms with Crippen LogP contribution < -0.4 is 21.3 Å². The average Bonchev–Trinajstić information content (AvgIpc) is 2.95. The fraction of sp³-hybridized carbons (Fsp3) is 0.222. The number of thiophene rings is 1. The number of rotatable bonds is 5. The zero-order valence-electron chi connectivity index (χ0n) is 15.0. The maximum Gasteiger partial charge on any atom is 0.262 e. The van der Waals surface area contributed by atoms with Crippen molar-refractivity contribution in [2.45, 2.75) is 20.4 Å². The molecule has 0 aliphatic heterocycles. The molecule has 0 unspecified atom stereocenters. The number of nitrogens with one attached hydrogen (secondary N) is 1. The number of carbonyl (C=O) groups excluding carboxylic acids is 2. The van der Waals surface area contributed by atoms with Crippen LogP contribution in [0, 0.1) is 13.8 Å². The molecule has 0 aliphatic rings. The maximum absolute atomic E-state index is 12.7. The van der Waals surface area contributed by atoms with E-state index in [1.807, 2.05) is 13.0 Å². The lowest BCUT2D eigenvalue weighted by molar-refractivity contribution is -0.116. The summed E-state index contributed by atoms with van der Waals surface area (Å²) in [7, 11) is 1.51. The Balaban J connectivity index is 1.91. The quantitative estimate of drug-likeness (QED) is 0.694. The number of hydrogen-bond donors (Lipinski definition) is 2. The van der Waals surface area contributed by atoms with Crippen molar-refractivity contribution in [2.75, 3.05) is 12.4 Å². The Bertz CT molecular complexity index is 1120. The van der Waals surface area contributed by atoms with Crippen LogP contribution in [-0.4, -0.2) is 28.5 Å². The van der Waals surface area contributed by atoms with E-state index in [1.165, 1.54) is 18.0 Å². The minimum Gasteiger partial charge on any atom is -0.495 e. The number of anilines is 1. The fourth-order valence-corrected chi connectivity index (χ4v) is 3.76. The van der Waals surface area contributed by atoms with Gasteiger partial charge in [0, 0.05) is 0 Å². The van der Waals surface area contributed by atoms with Gasteiger partial charge in [-0.3, -0.25) is 19.0 Å². The molecule has 3 rings (SSSR count). The second kappa shape index (κ2) is 7.20. The molecule has 1 aromatic carbocycles. The Labute approximate surface area is 158 Å². The normalized spacial score (nSPS) is 10.8. The van der Waals surface area contributed by atoms with Gasteiger partial charge in [-0.15, -0.1) is 11.3 Å². The summed E-state index contributed by atoms with van der Waals surface area (Å²) in [5, 5.41) is 3.04. The van der Waals surface area contributed by atoms with Gasteiger partial charge in [0.25, 0.3) is 11.5 Å². The van der Waals surface area contributed by atoms with Gasteiger partial charge in [0.05, 0.1) is 29.4 Å². The highest BCUT2D eigenvalue weighted by molar-refractivity contribution is 7.20. The van der Waals surface area contributed by atoms with Crippen molar-refractivity contribution in [1.82, 2.24) is 9.55 Å². The second-order valence-electron chi connectivity index (χ2n) is 6.03. The van der Waals surface area contributed by atoms with Gasteiger partial charge in [0.2, 0.25) is 5.91 Å². The van der Waals surface area contributed by atoms with Crippen LogP contribution in [0.25, 0.3) is 10.2 Å². The molecular weight excluding hydrogens is 368 g/mol. The van der Waals surface area contributed by atoms with E-state index in [4.69, 9.17) is 10.5 Å². The molecule has 0 atom stereocenters. The second-order valence-corrected chi connectivity index (χ2v) is 7.03.